The molecule has 0 bridgehead atoms. The van der Waals surface area contributed by atoms with E-state index in [1.165, 1.54) is 0 Å². The standard InChI is InChI=1S/C8H10N4O2/c9-11-8(14)6-1-3-7(4-2-6)12-10-5-13/h1-5,12H,9H2,(H,10,13)(H,11,14). The Balaban J connectivity index is 2.68. The number of hydrogen-bond acceptors (Lipinski definition) is 4. The molecule has 6 nitrogen and oxygen atoms in total. The van der Waals surface area contributed by atoms with E-state index in [9.17, 15) is 9.59 Å². The molecular weight excluding hydrogens is 184 g/mol. The SMILES string of the molecule is NNC(=O)c1ccc(NNC=O)cc1. The average Bonchev–Trinajstić information content (AvgIpc) is 2.26. The van der Waals surface area contributed by atoms with Gasteiger partial charge in [-0.3, -0.25) is 25.9 Å². The van der Waals surface area contributed by atoms with Crippen LogP contribution in [0.4, 0.5) is 5.69 Å². The number of anilines is 1. The third-order valence-corrected chi connectivity index (χ3v) is 1.55. The van der Waals surface area contributed by atoms with Gasteiger partial charge in [-0.15, -0.1) is 0 Å². The number of carbonyl (C=O) groups excluding carboxylic acids is 2. The summed E-state index contributed by atoms with van der Waals surface area (Å²) in [5, 5.41) is 0. The van der Waals surface area contributed by atoms with Crippen LogP contribution in [0.1, 0.15) is 10.4 Å². The molecule has 0 saturated heterocycles. The zero-order valence-corrected chi connectivity index (χ0v) is 7.28. The van der Waals surface area contributed by atoms with Crippen molar-refractivity contribution in [2.45, 2.75) is 0 Å². The number of hydrogen-bond donors (Lipinski definition) is 4. The van der Waals surface area contributed by atoms with Gasteiger partial charge in [0, 0.05) is 5.56 Å². The molecule has 1 aromatic rings. The van der Waals surface area contributed by atoms with Crippen molar-refractivity contribution in [3.05, 3.63) is 29.8 Å². The molecule has 0 aromatic heterocycles. The Morgan fingerprint density at radius 1 is 1.29 bits per heavy atom. The summed E-state index contributed by atoms with van der Waals surface area (Å²) in [5.74, 6) is 4.59. The number of amides is 2. The maximum atomic E-state index is 11.0. The second-order valence-corrected chi connectivity index (χ2v) is 2.44. The molecule has 0 aliphatic rings. The molecular formula is C8H10N4O2. The van der Waals surface area contributed by atoms with Crippen LogP contribution in [-0.2, 0) is 4.79 Å². The summed E-state index contributed by atoms with van der Waals surface area (Å²) in [6.45, 7) is 0. The number of carbonyl (C=O) groups is 2. The van der Waals surface area contributed by atoms with Gasteiger partial charge in [0.25, 0.3) is 5.91 Å². The van der Waals surface area contributed by atoms with Crippen molar-refractivity contribution in [1.29, 1.82) is 0 Å². The van der Waals surface area contributed by atoms with Gasteiger partial charge in [0.15, 0.2) is 0 Å². The molecule has 0 aliphatic carbocycles. The lowest BCUT2D eigenvalue weighted by Crippen LogP contribution is -2.29. The Labute approximate surface area is 80.4 Å². The van der Waals surface area contributed by atoms with Gasteiger partial charge in [0.2, 0.25) is 6.41 Å². The predicted octanol–water partition coefficient (Wildman–Crippen LogP) is -0.637. The van der Waals surface area contributed by atoms with Crippen LogP contribution in [0.3, 0.4) is 0 Å². The number of benzene rings is 1. The van der Waals surface area contributed by atoms with Crippen LogP contribution in [0.5, 0.6) is 0 Å². The number of nitrogens with one attached hydrogen (secondary N) is 3. The van der Waals surface area contributed by atoms with Crippen LogP contribution < -0.4 is 22.1 Å². The lowest BCUT2D eigenvalue weighted by Gasteiger charge is -2.04. The van der Waals surface area contributed by atoms with Crippen LogP contribution >= 0.6 is 0 Å². The molecule has 0 saturated carbocycles. The highest BCUT2D eigenvalue weighted by Gasteiger charge is 2.01. The minimum Gasteiger partial charge on any atom is -0.299 e. The van der Waals surface area contributed by atoms with Crippen molar-refractivity contribution in [3.63, 3.8) is 0 Å². The van der Waals surface area contributed by atoms with Crippen LogP contribution in [0.2, 0.25) is 0 Å². The minimum atomic E-state index is -0.361. The first kappa shape index (κ1) is 10.0. The van der Waals surface area contributed by atoms with Crippen molar-refractivity contribution in [3.8, 4) is 0 Å². The topological polar surface area (TPSA) is 96.2 Å². The summed E-state index contributed by atoms with van der Waals surface area (Å²) in [7, 11) is 0. The average molecular weight is 194 g/mol. The highest BCUT2D eigenvalue weighted by atomic mass is 16.2. The van der Waals surface area contributed by atoms with Crippen molar-refractivity contribution in [2.75, 3.05) is 5.43 Å². The molecule has 14 heavy (non-hydrogen) atoms. The maximum Gasteiger partial charge on any atom is 0.265 e. The van der Waals surface area contributed by atoms with E-state index in [0.717, 1.165) is 0 Å². The zero-order valence-electron chi connectivity index (χ0n) is 7.28. The number of hydrazine groups is 2. The summed E-state index contributed by atoms with van der Waals surface area (Å²) < 4.78 is 0. The summed E-state index contributed by atoms with van der Waals surface area (Å²) in [6.07, 6.45) is 0.514. The van der Waals surface area contributed by atoms with Gasteiger partial charge in [-0.2, -0.15) is 0 Å². The van der Waals surface area contributed by atoms with E-state index in [4.69, 9.17) is 5.84 Å². The van der Waals surface area contributed by atoms with Gasteiger partial charge < -0.3 is 0 Å². The molecule has 0 unspecified atom stereocenters. The normalized spacial score (nSPS) is 8.93. The zero-order chi connectivity index (χ0) is 10.4. The molecule has 0 radical (unpaired) electrons. The van der Waals surface area contributed by atoms with Gasteiger partial charge >= 0.3 is 0 Å². The fourth-order valence-corrected chi connectivity index (χ4v) is 0.901. The number of rotatable bonds is 4. The Morgan fingerprint density at radius 3 is 2.43 bits per heavy atom. The Hall–Kier alpha value is -2.08. The molecule has 5 N–H and O–H groups in total. The minimum absolute atomic E-state index is 0.361. The first-order chi connectivity index (χ1) is 6.77. The molecule has 0 aliphatic heterocycles. The molecule has 0 atom stereocenters. The van der Waals surface area contributed by atoms with E-state index in [0.29, 0.717) is 17.7 Å². The monoisotopic (exact) mass is 194 g/mol. The van der Waals surface area contributed by atoms with Gasteiger partial charge in [-0.1, -0.05) is 0 Å². The van der Waals surface area contributed by atoms with Crippen LogP contribution in [0.25, 0.3) is 0 Å². The smallest absolute Gasteiger partial charge is 0.265 e. The van der Waals surface area contributed by atoms with E-state index in [2.05, 4.69) is 10.9 Å². The highest BCUT2D eigenvalue weighted by Crippen LogP contribution is 2.07. The molecule has 74 valence electrons. The van der Waals surface area contributed by atoms with Crippen molar-refractivity contribution in [2.24, 2.45) is 5.84 Å². The second-order valence-electron chi connectivity index (χ2n) is 2.44. The fourth-order valence-electron chi connectivity index (χ4n) is 0.901. The largest absolute Gasteiger partial charge is 0.299 e. The second kappa shape index (κ2) is 4.83. The summed E-state index contributed by atoms with van der Waals surface area (Å²) in [4.78, 5) is 21.0. The van der Waals surface area contributed by atoms with Gasteiger partial charge in [0.1, 0.15) is 0 Å². The number of nitrogen functional groups attached to an aromatic ring is 1. The molecule has 6 heteroatoms. The molecule has 1 aromatic carbocycles. The van der Waals surface area contributed by atoms with Crippen molar-refractivity contribution < 1.29 is 9.59 Å². The molecule has 0 heterocycles. The van der Waals surface area contributed by atoms with Crippen LogP contribution in [0.15, 0.2) is 24.3 Å². The quantitative estimate of drug-likeness (QED) is 0.222. The summed E-state index contributed by atoms with van der Waals surface area (Å²) in [6, 6.07) is 6.44. The molecule has 1 rings (SSSR count). The fraction of sp³-hybridized carbons (Fsp3) is 0. The first-order valence-electron chi connectivity index (χ1n) is 3.84. The predicted molar refractivity (Wildman–Crippen MR) is 50.9 cm³/mol. The Morgan fingerprint density at radius 2 is 1.93 bits per heavy atom. The Bertz CT molecular complexity index is 323. The summed E-state index contributed by atoms with van der Waals surface area (Å²) >= 11 is 0. The first-order valence-corrected chi connectivity index (χ1v) is 3.84. The lowest BCUT2D eigenvalue weighted by molar-refractivity contribution is -0.109. The van der Waals surface area contributed by atoms with Gasteiger partial charge in [-0.25, -0.2) is 5.84 Å². The Kier molecular flexibility index (Phi) is 3.45. The number of nitrogens with two attached hydrogens (primary N) is 1. The lowest BCUT2D eigenvalue weighted by atomic mass is 10.2. The van der Waals surface area contributed by atoms with E-state index >= 15 is 0 Å². The highest BCUT2D eigenvalue weighted by molar-refractivity contribution is 5.94. The molecule has 0 spiro atoms. The van der Waals surface area contributed by atoms with Gasteiger partial charge in [0.05, 0.1) is 5.69 Å². The van der Waals surface area contributed by atoms with Crippen molar-refractivity contribution in [1.82, 2.24) is 10.9 Å². The van der Waals surface area contributed by atoms with E-state index in [1.807, 2.05) is 5.43 Å². The van der Waals surface area contributed by atoms with E-state index in [-0.39, 0.29) is 5.91 Å². The van der Waals surface area contributed by atoms with Gasteiger partial charge in [-0.05, 0) is 24.3 Å². The van der Waals surface area contributed by atoms with E-state index < -0.39 is 0 Å². The van der Waals surface area contributed by atoms with Crippen molar-refractivity contribution >= 4 is 18.0 Å². The maximum absolute atomic E-state index is 11.0. The third-order valence-electron chi connectivity index (χ3n) is 1.55. The van der Waals surface area contributed by atoms with Crippen LogP contribution in [0, 0.1) is 0 Å². The molecule has 0 fully saturated rings. The summed E-state index contributed by atoms with van der Waals surface area (Å²) in [5.41, 5.74) is 8.00. The molecule has 2 amide bonds. The van der Waals surface area contributed by atoms with E-state index in [1.54, 1.807) is 24.3 Å². The van der Waals surface area contributed by atoms with Crippen LogP contribution in [-0.4, -0.2) is 12.3 Å². The third kappa shape index (κ3) is 2.46.